The van der Waals surface area contributed by atoms with Crippen LogP contribution in [0.5, 0.6) is 5.75 Å². The molecular formula is C15H20N2O2. The standard InChI is InChI=1S/C15H20N2O2/c1-3-15(17-10-8-16-9-11-17)13-4-6-14(7-5-13)19-12(2)18/h3-7,15-16H,1,8-11H2,2H3/t15-/m1/s1. The molecule has 0 unspecified atom stereocenters. The summed E-state index contributed by atoms with van der Waals surface area (Å²) in [7, 11) is 0. The van der Waals surface area contributed by atoms with Crippen molar-refractivity contribution in [2.24, 2.45) is 0 Å². The Morgan fingerprint density at radius 2 is 2.00 bits per heavy atom. The Kier molecular flexibility index (Phi) is 4.71. The van der Waals surface area contributed by atoms with E-state index in [1.54, 1.807) is 0 Å². The smallest absolute Gasteiger partial charge is 0.308 e. The van der Waals surface area contributed by atoms with Crippen molar-refractivity contribution in [2.75, 3.05) is 26.2 Å². The van der Waals surface area contributed by atoms with E-state index in [1.807, 2.05) is 30.3 Å². The molecule has 1 fully saturated rings. The fraction of sp³-hybridized carbons (Fsp3) is 0.400. The summed E-state index contributed by atoms with van der Waals surface area (Å²) in [6, 6.07) is 7.86. The van der Waals surface area contributed by atoms with Crippen LogP contribution in [-0.4, -0.2) is 37.0 Å². The summed E-state index contributed by atoms with van der Waals surface area (Å²) < 4.78 is 5.04. The third kappa shape index (κ3) is 3.66. The summed E-state index contributed by atoms with van der Waals surface area (Å²) in [6.45, 7) is 9.39. The highest BCUT2D eigenvalue weighted by Gasteiger charge is 2.19. The zero-order chi connectivity index (χ0) is 13.7. The van der Waals surface area contributed by atoms with E-state index in [1.165, 1.54) is 12.5 Å². The van der Waals surface area contributed by atoms with E-state index >= 15 is 0 Å². The lowest BCUT2D eigenvalue weighted by atomic mass is 10.0. The third-order valence-electron chi connectivity index (χ3n) is 3.25. The summed E-state index contributed by atoms with van der Waals surface area (Å²) in [5, 5.41) is 3.34. The second-order valence-corrected chi connectivity index (χ2v) is 4.63. The van der Waals surface area contributed by atoms with Crippen molar-refractivity contribution in [1.82, 2.24) is 10.2 Å². The summed E-state index contributed by atoms with van der Waals surface area (Å²) in [5.41, 5.74) is 1.17. The molecule has 4 nitrogen and oxygen atoms in total. The van der Waals surface area contributed by atoms with E-state index in [4.69, 9.17) is 4.74 Å². The highest BCUT2D eigenvalue weighted by atomic mass is 16.5. The van der Waals surface area contributed by atoms with Crippen LogP contribution in [0.25, 0.3) is 0 Å². The molecule has 0 bridgehead atoms. The van der Waals surface area contributed by atoms with Crippen LogP contribution < -0.4 is 10.1 Å². The highest BCUT2D eigenvalue weighted by Crippen LogP contribution is 2.24. The van der Waals surface area contributed by atoms with E-state index in [0.717, 1.165) is 26.2 Å². The Morgan fingerprint density at radius 1 is 1.37 bits per heavy atom. The van der Waals surface area contributed by atoms with Crippen molar-refractivity contribution in [3.63, 3.8) is 0 Å². The van der Waals surface area contributed by atoms with Crippen LogP contribution in [-0.2, 0) is 4.79 Å². The van der Waals surface area contributed by atoms with E-state index in [2.05, 4.69) is 16.8 Å². The van der Waals surface area contributed by atoms with Gasteiger partial charge in [0.1, 0.15) is 5.75 Å². The van der Waals surface area contributed by atoms with Crippen molar-refractivity contribution in [1.29, 1.82) is 0 Å². The Balaban J connectivity index is 2.09. The number of nitrogens with one attached hydrogen (secondary N) is 1. The van der Waals surface area contributed by atoms with Gasteiger partial charge in [0.2, 0.25) is 0 Å². The molecule has 0 spiro atoms. The van der Waals surface area contributed by atoms with Crippen molar-refractivity contribution in [2.45, 2.75) is 13.0 Å². The topological polar surface area (TPSA) is 41.6 Å². The minimum absolute atomic E-state index is 0.216. The maximum absolute atomic E-state index is 10.9. The van der Waals surface area contributed by atoms with Crippen LogP contribution in [0.3, 0.4) is 0 Å². The van der Waals surface area contributed by atoms with Gasteiger partial charge in [-0.25, -0.2) is 0 Å². The van der Waals surface area contributed by atoms with Gasteiger partial charge >= 0.3 is 5.97 Å². The van der Waals surface area contributed by atoms with Gasteiger partial charge in [0.25, 0.3) is 0 Å². The molecule has 1 N–H and O–H groups in total. The first-order chi connectivity index (χ1) is 9.20. The van der Waals surface area contributed by atoms with Crippen LogP contribution in [0.2, 0.25) is 0 Å². The Hall–Kier alpha value is -1.65. The number of esters is 1. The average molecular weight is 260 g/mol. The maximum atomic E-state index is 10.9. The lowest BCUT2D eigenvalue weighted by Gasteiger charge is -2.33. The highest BCUT2D eigenvalue weighted by molar-refractivity contribution is 5.69. The Morgan fingerprint density at radius 3 is 2.53 bits per heavy atom. The van der Waals surface area contributed by atoms with Gasteiger partial charge in [-0.2, -0.15) is 0 Å². The molecule has 2 rings (SSSR count). The second kappa shape index (κ2) is 6.50. The maximum Gasteiger partial charge on any atom is 0.308 e. The lowest BCUT2D eigenvalue weighted by Crippen LogP contribution is -2.44. The van der Waals surface area contributed by atoms with Gasteiger partial charge in [-0.05, 0) is 17.7 Å². The molecule has 19 heavy (non-hydrogen) atoms. The van der Waals surface area contributed by atoms with Gasteiger partial charge in [0.15, 0.2) is 0 Å². The summed E-state index contributed by atoms with van der Waals surface area (Å²) in [6.07, 6.45) is 1.96. The molecule has 1 aromatic carbocycles. The van der Waals surface area contributed by atoms with Crippen molar-refractivity contribution < 1.29 is 9.53 Å². The van der Waals surface area contributed by atoms with Gasteiger partial charge in [0.05, 0.1) is 6.04 Å². The number of nitrogens with zero attached hydrogens (tertiary/aromatic N) is 1. The molecule has 0 aliphatic carbocycles. The second-order valence-electron chi connectivity index (χ2n) is 4.63. The number of hydrogen-bond acceptors (Lipinski definition) is 4. The molecule has 0 radical (unpaired) electrons. The summed E-state index contributed by atoms with van der Waals surface area (Å²) in [5.74, 6) is 0.287. The predicted octanol–water partition coefficient (Wildman–Crippen LogP) is 1.74. The quantitative estimate of drug-likeness (QED) is 0.509. The summed E-state index contributed by atoms with van der Waals surface area (Å²) in [4.78, 5) is 13.3. The monoisotopic (exact) mass is 260 g/mol. The van der Waals surface area contributed by atoms with Crippen molar-refractivity contribution in [3.8, 4) is 5.75 Å². The van der Waals surface area contributed by atoms with Gasteiger partial charge in [-0.15, -0.1) is 6.58 Å². The molecular weight excluding hydrogens is 240 g/mol. The molecule has 0 aromatic heterocycles. The molecule has 1 saturated heterocycles. The normalized spacial score (nSPS) is 17.7. The lowest BCUT2D eigenvalue weighted by molar-refractivity contribution is -0.131. The Bertz CT molecular complexity index is 436. The number of carbonyl (C=O) groups is 1. The predicted molar refractivity (Wildman–Crippen MR) is 75.1 cm³/mol. The molecule has 102 valence electrons. The molecule has 0 amide bonds. The molecule has 1 aliphatic rings. The van der Waals surface area contributed by atoms with Gasteiger partial charge < -0.3 is 10.1 Å². The van der Waals surface area contributed by atoms with Crippen LogP contribution in [0.15, 0.2) is 36.9 Å². The first-order valence-electron chi connectivity index (χ1n) is 6.56. The number of hydrogen-bond donors (Lipinski definition) is 1. The van der Waals surface area contributed by atoms with Gasteiger partial charge in [-0.3, -0.25) is 9.69 Å². The third-order valence-corrected chi connectivity index (χ3v) is 3.25. The molecule has 1 aliphatic heterocycles. The van der Waals surface area contributed by atoms with E-state index < -0.39 is 0 Å². The fourth-order valence-electron chi connectivity index (χ4n) is 2.36. The number of carbonyl (C=O) groups excluding carboxylic acids is 1. The minimum atomic E-state index is -0.296. The van der Waals surface area contributed by atoms with Crippen LogP contribution in [0.1, 0.15) is 18.5 Å². The van der Waals surface area contributed by atoms with E-state index in [-0.39, 0.29) is 12.0 Å². The number of benzene rings is 1. The number of piperazine rings is 1. The van der Waals surface area contributed by atoms with Crippen LogP contribution in [0.4, 0.5) is 0 Å². The molecule has 4 heteroatoms. The first-order valence-corrected chi connectivity index (χ1v) is 6.56. The van der Waals surface area contributed by atoms with Gasteiger partial charge in [-0.1, -0.05) is 18.2 Å². The Labute approximate surface area is 114 Å². The zero-order valence-corrected chi connectivity index (χ0v) is 11.3. The van der Waals surface area contributed by atoms with Crippen LogP contribution in [0, 0.1) is 0 Å². The number of rotatable bonds is 4. The molecule has 1 heterocycles. The molecule has 1 atom stereocenters. The van der Waals surface area contributed by atoms with Crippen LogP contribution >= 0.6 is 0 Å². The van der Waals surface area contributed by atoms with Crippen molar-refractivity contribution in [3.05, 3.63) is 42.5 Å². The van der Waals surface area contributed by atoms with E-state index in [0.29, 0.717) is 5.75 Å². The minimum Gasteiger partial charge on any atom is -0.427 e. The van der Waals surface area contributed by atoms with E-state index in [9.17, 15) is 4.79 Å². The first kappa shape index (κ1) is 13.8. The number of ether oxygens (including phenoxy) is 1. The van der Waals surface area contributed by atoms with Gasteiger partial charge in [0, 0.05) is 33.1 Å². The molecule has 1 aromatic rings. The average Bonchev–Trinajstić information content (AvgIpc) is 2.42. The summed E-state index contributed by atoms with van der Waals surface area (Å²) >= 11 is 0. The SMILES string of the molecule is C=C[C@H](c1ccc(OC(C)=O)cc1)N1CCNCC1. The fourth-order valence-corrected chi connectivity index (χ4v) is 2.36. The zero-order valence-electron chi connectivity index (χ0n) is 11.3. The van der Waals surface area contributed by atoms with Crippen molar-refractivity contribution >= 4 is 5.97 Å². The largest absolute Gasteiger partial charge is 0.427 e. The molecule has 0 saturated carbocycles.